The number of rotatable bonds is 1. The number of hydrogen-bond acceptors (Lipinski definition) is 8. The number of carbonyl (C=O) groups excluding carboxylic acids is 4. The summed E-state index contributed by atoms with van der Waals surface area (Å²) in [6.45, 7) is 5.02. The summed E-state index contributed by atoms with van der Waals surface area (Å²) in [6.07, 6.45) is 4.31. The van der Waals surface area contributed by atoms with E-state index in [0.29, 0.717) is 25.1 Å². The van der Waals surface area contributed by atoms with Crippen LogP contribution in [0.4, 0.5) is 0 Å². The third-order valence-corrected chi connectivity index (χ3v) is 6.67. The molecule has 5 bridgehead atoms. The number of cyclic esters (lactones) is 1. The Kier molecular flexibility index (Phi) is 8.38. The number of carbonyl (C=O) groups is 4. The van der Waals surface area contributed by atoms with Crippen molar-refractivity contribution in [2.24, 2.45) is 0 Å². The molecule has 0 aliphatic carbocycles. The van der Waals surface area contributed by atoms with Crippen LogP contribution in [0, 0.1) is 0 Å². The van der Waals surface area contributed by atoms with Gasteiger partial charge in [0, 0.05) is 24.5 Å². The van der Waals surface area contributed by atoms with Crippen molar-refractivity contribution in [3.63, 3.8) is 0 Å². The van der Waals surface area contributed by atoms with Gasteiger partial charge in [0.05, 0.1) is 11.8 Å². The van der Waals surface area contributed by atoms with Gasteiger partial charge >= 0.3 is 5.97 Å². The Bertz CT molecular complexity index is 1260. The molecular formula is C27H33N5O6. The highest BCUT2D eigenvalue weighted by molar-refractivity contribution is 5.93. The largest absolute Gasteiger partial charge is 0.457 e. The van der Waals surface area contributed by atoms with Gasteiger partial charge in [-0.1, -0.05) is 18.2 Å². The van der Waals surface area contributed by atoms with Crippen molar-refractivity contribution in [1.82, 2.24) is 26.1 Å². The second-order valence-electron chi connectivity index (χ2n) is 9.73. The maximum atomic E-state index is 13.0. The van der Waals surface area contributed by atoms with E-state index in [1.165, 1.54) is 18.9 Å². The predicted octanol–water partition coefficient (Wildman–Crippen LogP) is 1.12. The zero-order valence-electron chi connectivity index (χ0n) is 21.6. The van der Waals surface area contributed by atoms with Crippen LogP contribution in [0.5, 0.6) is 0 Å². The van der Waals surface area contributed by atoms with Crippen molar-refractivity contribution >= 4 is 40.5 Å². The Labute approximate surface area is 220 Å². The highest BCUT2D eigenvalue weighted by Gasteiger charge is 2.34. The molecule has 0 radical (unpaired) electrons. The van der Waals surface area contributed by atoms with Crippen LogP contribution in [0.15, 0.2) is 36.5 Å². The number of hydrogen-bond donors (Lipinski definition) is 4. The molecule has 202 valence electrons. The third kappa shape index (κ3) is 6.35. The van der Waals surface area contributed by atoms with Gasteiger partial charge in [0.15, 0.2) is 0 Å². The molecule has 1 fully saturated rings. The number of nitrogens with zero attached hydrogens (tertiary/aromatic N) is 2. The molecule has 1 aromatic heterocycles. The molecule has 11 nitrogen and oxygen atoms in total. The Morgan fingerprint density at radius 1 is 1.11 bits per heavy atom. The molecule has 2 aliphatic rings. The van der Waals surface area contributed by atoms with Crippen molar-refractivity contribution in [2.45, 2.75) is 70.4 Å². The number of pyridine rings is 1. The number of hydrazine groups is 1. The minimum absolute atomic E-state index is 0.0448. The number of aliphatic hydroxyl groups is 1. The average Bonchev–Trinajstić information content (AvgIpc) is 2.90. The normalized spacial score (nSPS) is 26.5. The Hall–Kier alpha value is -3.83. The number of nitrogens with one attached hydrogen (secondary N) is 3. The first kappa shape index (κ1) is 27.2. The molecule has 1 saturated heterocycles. The SMILES string of the molecule is C[C@@H]1NC(=O)[C@H]([C@@H](C)O)NC(=O)CC=Cc2cc3cc(ccc3cn2)[C@@H](C)OC(=O)[C@@H]2CCCN(N2)C1=O. The molecular weight excluding hydrogens is 490 g/mol. The molecule has 4 N–H and O–H groups in total. The highest BCUT2D eigenvalue weighted by Crippen LogP contribution is 2.24. The van der Waals surface area contributed by atoms with E-state index in [1.54, 1.807) is 25.3 Å². The van der Waals surface area contributed by atoms with Crippen LogP contribution < -0.4 is 16.1 Å². The lowest BCUT2D eigenvalue weighted by Crippen LogP contribution is -2.61. The summed E-state index contributed by atoms with van der Waals surface area (Å²) in [7, 11) is 0. The molecule has 3 amide bonds. The standard InChI is InChI=1S/C27H33N5O6/c1-15-26(36)32-11-5-7-22(31-32)27(37)38-17(3)18-9-10-19-14-28-21(13-20(19)12-18)6-4-8-23(34)30-24(16(2)33)25(35)29-15/h4,6,9-10,12-17,22,24,31,33H,5,7-8,11H2,1-3H3,(H,29,35)(H,30,34)/t15-,16+,17+,22-,24-/m0/s1. The lowest BCUT2D eigenvalue weighted by atomic mass is 10.0. The first-order valence-corrected chi connectivity index (χ1v) is 12.7. The van der Waals surface area contributed by atoms with Gasteiger partial charge in [-0.3, -0.25) is 29.2 Å². The van der Waals surface area contributed by atoms with Gasteiger partial charge in [0.2, 0.25) is 11.8 Å². The molecule has 0 saturated carbocycles. The van der Waals surface area contributed by atoms with E-state index >= 15 is 0 Å². The lowest BCUT2D eigenvalue weighted by Gasteiger charge is -2.35. The van der Waals surface area contributed by atoms with Crippen molar-refractivity contribution < 1.29 is 29.0 Å². The monoisotopic (exact) mass is 523 g/mol. The molecule has 38 heavy (non-hydrogen) atoms. The maximum absolute atomic E-state index is 13.0. The maximum Gasteiger partial charge on any atom is 0.325 e. The van der Waals surface area contributed by atoms with Gasteiger partial charge in [0.25, 0.3) is 5.91 Å². The molecule has 2 aromatic rings. The van der Waals surface area contributed by atoms with Crippen molar-refractivity contribution in [3.8, 4) is 0 Å². The molecule has 0 spiro atoms. The molecule has 4 rings (SSSR count). The van der Waals surface area contributed by atoms with Gasteiger partial charge in [-0.05, 0) is 62.8 Å². The van der Waals surface area contributed by atoms with Crippen LogP contribution in [0.25, 0.3) is 16.8 Å². The van der Waals surface area contributed by atoms with E-state index in [-0.39, 0.29) is 6.42 Å². The average molecular weight is 524 g/mol. The van der Waals surface area contributed by atoms with Gasteiger partial charge in [-0.25, -0.2) is 5.43 Å². The first-order chi connectivity index (χ1) is 18.1. The summed E-state index contributed by atoms with van der Waals surface area (Å²) in [5, 5.41) is 18.3. The number of ether oxygens (including phenoxy) is 1. The zero-order valence-corrected chi connectivity index (χ0v) is 21.6. The second-order valence-corrected chi connectivity index (χ2v) is 9.73. The zero-order chi connectivity index (χ0) is 27.4. The van der Waals surface area contributed by atoms with Crippen LogP contribution >= 0.6 is 0 Å². The fourth-order valence-corrected chi connectivity index (χ4v) is 4.48. The third-order valence-electron chi connectivity index (χ3n) is 6.67. The molecule has 5 atom stereocenters. The molecule has 3 heterocycles. The number of amides is 3. The van der Waals surface area contributed by atoms with Crippen LogP contribution in [-0.4, -0.2) is 69.6 Å². The van der Waals surface area contributed by atoms with Crippen LogP contribution in [0.3, 0.4) is 0 Å². The smallest absolute Gasteiger partial charge is 0.325 e. The topological polar surface area (TPSA) is 150 Å². The van der Waals surface area contributed by atoms with Crippen molar-refractivity contribution in [3.05, 3.63) is 47.8 Å². The number of aromatic nitrogens is 1. The number of esters is 1. The number of benzene rings is 1. The van der Waals surface area contributed by atoms with Crippen molar-refractivity contribution in [1.29, 1.82) is 0 Å². The van der Waals surface area contributed by atoms with Crippen LogP contribution in [0.1, 0.15) is 57.4 Å². The first-order valence-electron chi connectivity index (χ1n) is 12.7. The fraction of sp³-hybridized carbons (Fsp3) is 0.444. The highest BCUT2D eigenvalue weighted by atomic mass is 16.5. The summed E-state index contributed by atoms with van der Waals surface area (Å²) >= 11 is 0. The van der Waals surface area contributed by atoms with E-state index in [2.05, 4.69) is 21.0 Å². The minimum Gasteiger partial charge on any atom is -0.457 e. The van der Waals surface area contributed by atoms with E-state index in [9.17, 15) is 24.3 Å². The fourth-order valence-electron chi connectivity index (χ4n) is 4.48. The van der Waals surface area contributed by atoms with Gasteiger partial charge in [-0.2, -0.15) is 0 Å². The second kappa shape index (κ2) is 11.7. The summed E-state index contributed by atoms with van der Waals surface area (Å²) < 4.78 is 5.74. The Morgan fingerprint density at radius 3 is 2.66 bits per heavy atom. The quantitative estimate of drug-likeness (QED) is 0.406. The van der Waals surface area contributed by atoms with E-state index < -0.39 is 54.0 Å². The summed E-state index contributed by atoms with van der Waals surface area (Å²) in [5.74, 6) is -2.10. The number of aliphatic hydroxyl groups excluding tert-OH is 1. The summed E-state index contributed by atoms with van der Waals surface area (Å²) in [4.78, 5) is 55.7. The molecule has 11 heteroatoms. The van der Waals surface area contributed by atoms with Gasteiger partial charge in [0.1, 0.15) is 24.2 Å². The molecule has 2 aliphatic heterocycles. The summed E-state index contributed by atoms with van der Waals surface area (Å²) in [5.41, 5.74) is 4.36. The minimum atomic E-state index is -1.25. The van der Waals surface area contributed by atoms with Gasteiger partial charge in [-0.15, -0.1) is 0 Å². The van der Waals surface area contributed by atoms with E-state index in [0.717, 1.165) is 16.3 Å². The molecule has 1 aromatic carbocycles. The van der Waals surface area contributed by atoms with E-state index in [1.807, 2.05) is 24.3 Å². The van der Waals surface area contributed by atoms with Gasteiger partial charge < -0.3 is 20.5 Å². The lowest BCUT2D eigenvalue weighted by molar-refractivity contribution is -0.157. The van der Waals surface area contributed by atoms with Crippen LogP contribution in [-0.2, 0) is 23.9 Å². The predicted molar refractivity (Wildman–Crippen MR) is 139 cm³/mol. The van der Waals surface area contributed by atoms with Crippen LogP contribution in [0.2, 0.25) is 0 Å². The molecule has 0 unspecified atom stereocenters. The van der Waals surface area contributed by atoms with E-state index in [4.69, 9.17) is 4.74 Å². The summed E-state index contributed by atoms with van der Waals surface area (Å²) in [6, 6.07) is 4.62. The Morgan fingerprint density at radius 2 is 1.89 bits per heavy atom. The number of fused-ring (bicyclic) bond motifs is 4. The Balaban J connectivity index is 1.64. The van der Waals surface area contributed by atoms with Crippen molar-refractivity contribution in [2.75, 3.05) is 6.54 Å².